The van der Waals surface area contributed by atoms with Crippen molar-refractivity contribution in [3.05, 3.63) is 50.9 Å². The predicted molar refractivity (Wildman–Crippen MR) is 91.4 cm³/mol. The Morgan fingerprint density at radius 1 is 1.36 bits per heavy atom. The molecule has 0 amide bonds. The van der Waals surface area contributed by atoms with Crippen LogP contribution in [0.4, 0.5) is 0 Å². The number of aryl methyl sites for hydroxylation is 1. The third-order valence-corrected chi connectivity index (χ3v) is 5.58. The van der Waals surface area contributed by atoms with Crippen LogP contribution in [0.25, 0.3) is 0 Å². The maximum Gasteiger partial charge on any atom is 0.0798 e. The summed E-state index contributed by atoms with van der Waals surface area (Å²) in [7, 11) is 0. The molecule has 0 saturated carbocycles. The van der Waals surface area contributed by atoms with Gasteiger partial charge in [-0.2, -0.15) is 0 Å². The number of rotatable bonds is 4. The molecule has 3 rings (SSSR count). The lowest BCUT2D eigenvalue weighted by Crippen LogP contribution is -2.48. The quantitative estimate of drug-likeness (QED) is 0.925. The summed E-state index contributed by atoms with van der Waals surface area (Å²) in [6.45, 7) is 3.97. The monoisotopic (exact) mass is 336 g/mol. The van der Waals surface area contributed by atoms with Crippen LogP contribution in [-0.4, -0.2) is 33.7 Å². The van der Waals surface area contributed by atoms with E-state index in [4.69, 9.17) is 11.6 Å². The van der Waals surface area contributed by atoms with Gasteiger partial charge in [-0.3, -0.25) is 4.90 Å². The van der Waals surface area contributed by atoms with Crippen molar-refractivity contribution in [3.8, 4) is 0 Å². The van der Waals surface area contributed by atoms with E-state index in [0.29, 0.717) is 0 Å². The number of halogens is 1. The van der Waals surface area contributed by atoms with Crippen molar-refractivity contribution >= 4 is 22.9 Å². The minimum Gasteiger partial charge on any atom is -0.391 e. The molecule has 0 bridgehead atoms. The summed E-state index contributed by atoms with van der Waals surface area (Å²) >= 11 is 7.66. The van der Waals surface area contributed by atoms with E-state index in [-0.39, 0.29) is 12.1 Å². The Morgan fingerprint density at radius 2 is 2.14 bits per heavy atom. The van der Waals surface area contributed by atoms with Crippen molar-refractivity contribution in [1.82, 2.24) is 9.88 Å². The van der Waals surface area contributed by atoms with E-state index in [1.165, 1.54) is 10.4 Å². The Bertz CT molecular complexity index is 613. The number of benzene rings is 1. The summed E-state index contributed by atoms with van der Waals surface area (Å²) in [6, 6.07) is 8.11. The minimum atomic E-state index is -0.266. The third-order valence-electron chi connectivity index (χ3n) is 4.41. The number of thiazole rings is 1. The van der Waals surface area contributed by atoms with Crippen molar-refractivity contribution in [1.29, 1.82) is 0 Å². The van der Waals surface area contributed by atoms with E-state index in [1.807, 2.05) is 17.6 Å². The van der Waals surface area contributed by atoms with Crippen molar-refractivity contribution in [2.45, 2.75) is 44.9 Å². The lowest BCUT2D eigenvalue weighted by molar-refractivity contribution is 0.00711. The van der Waals surface area contributed by atoms with Gasteiger partial charge in [0.2, 0.25) is 0 Å². The number of hydrogen-bond acceptors (Lipinski definition) is 4. The van der Waals surface area contributed by atoms with E-state index in [0.717, 1.165) is 43.1 Å². The fraction of sp³-hybridized carbons (Fsp3) is 0.471. The highest BCUT2D eigenvalue weighted by Gasteiger charge is 2.30. The number of likely N-dealkylation sites (tertiary alicyclic amines) is 1. The van der Waals surface area contributed by atoms with E-state index in [2.05, 4.69) is 28.9 Å². The average Bonchev–Trinajstić information content (AvgIpc) is 2.90. The van der Waals surface area contributed by atoms with Crippen LogP contribution in [0, 0.1) is 6.92 Å². The maximum absolute atomic E-state index is 10.5. The summed E-state index contributed by atoms with van der Waals surface area (Å²) in [6.07, 6.45) is 2.53. The second kappa shape index (κ2) is 7.09. The molecule has 0 aliphatic carbocycles. The molecule has 1 N–H and O–H groups in total. The normalized spacial score (nSPS) is 22.9. The molecule has 1 saturated heterocycles. The van der Waals surface area contributed by atoms with Gasteiger partial charge in [-0.05, 0) is 50.4 Å². The van der Waals surface area contributed by atoms with Crippen LogP contribution in [0.15, 0.2) is 29.8 Å². The van der Waals surface area contributed by atoms with Crippen molar-refractivity contribution in [3.63, 3.8) is 0 Å². The first-order valence-electron chi connectivity index (χ1n) is 7.69. The second-order valence-electron chi connectivity index (χ2n) is 5.94. The number of aromatic nitrogens is 1. The Hall–Kier alpha value is -0.940. The third kappa shape index (κ3) is 3.69. The molecule has 1 aliphatic rings. The Balaban J connectivity index is 1.75. The van der Waals surface area contributed by atoms with Crippen LogP contribution in [0.2, 0.25) is 5.02 Å². The fourth-order valence-corrected chi connectivity index (χ4v) is 4.02. The molecule has 2 atom stereocenters. The van der Waals surface area contributed by atoms with E-state index >= 15 is 0 Å². The van der Waals surface area contributed by atoms with Crippen LogP contribution in [0.1, 0.15) is 29.0 Å². The SMILES string of the molecule is Cc1ncsc1CN1CCC[C@H](O)[C@@H]1Cc1ccc(Cl)cc1. The Labute approximate surface area is 140 Å². The zero-order valence-electron chi connectivity index (χ0n) is 12.7. The molecular formula is C17H21ClN2OS. The van der Waals surface area contributed by atoms with Gasteiger partial charge in [-0.15, -0.1) is 11.3 Å². The lowest BCUT2D eigenvalue weighted by atomic mass is 9.93. The molecular weight excluding hydrogens is 316 g/mol. The molecule has 2 heterocycles. The number of aliphatic hydroxyl groups is 1. The zero-order valence-corrected chi connectivity index (χ0v) is 14.3. The molecule has 0 unspecified atom stereocenters. The van der Waals surface area contributed by atoms with Crippen molar-refractivity contribution < 1.29 is 5.11 Å². The number of piperidine rings is 1. The van der Waals surface area contributed by atoms with Crippen LogP contribution in [0.3, 0.4) is 0 Å². The first-order chi connectivity index (χ1) is 10.6. The van der Waals surface area contributed by atoms with Gasteiger partial charge >= 0.3 is 0 Å². The largest absolute Gasteiger partial charge is 0.391 e. The zero-order chi connectivity index (χ0) is 15.5. The van der Waals surface area contributed by atoms with E-state index in [9.17, 15) is 5.11 Å². The highest BCUT2D eigenvalue weighted by Crippen LogP contribution is 2.25. The number of hydrogen-bond donors (Lipinski definition) is 1. The molecule has 3 nitrogen and oxygen atoms in total. The van der Waals surface area contributed by atoms with Crippen LogP contribution >= 0.6 is 22.9 Å². The van der Waals surface area contributed by atoms with Gasteiger partial charge in [0.05, 0.1) is 17.3 Å². The minimum absolute atomic E-state index is 0.163. The fourth-order valence-electron chi connectivity index (χ4n) is 3.09. The maximum atomic E-state index is 10.5. The smallest absolute Gasteiger partial charge is 0.0798 e. The summed E-state index contributed by atoms with van der Waals surface area (Å²) in [5, 5.41) is 11.2. The molecule has 0 radical (unpaired) electrons. The van der Waals surface area contributed by atoms with Crippen LogP contribution < -0.4 is 0 Å². The summed E-state index contributed by atoms with van der Waals surface area (Å²) in [4.78, 5) is 8.04. The molecule has 22 heavy (non-hydrogen) atoms. The van der Waals surface area contributed by atoms with Gasteiger partial charge in [-0.1, -0.05) is 23.7 Å². The van der Waals surface area contributed by atoms with Crippen molar-refractivity contribution in [2.24, 2.45) is 0 Å². The second-order valence-corrected chi connectivity index (χ2v) is 7.31. The molecule has 0 spiro atoms. The number of aliphatic hydroxyl groups excluding tert-OH is 1. The molecule has 118 valence electrons. The summed E-state index contributed by atoms with van der Waals surface area (Å²) in [5.74, 6) is 0. The van der Waals surface area contributed by atoms with Gasteiger partial charge in [0.1, 0.15) is 0 Å². The highest BCUT2D eigenvalue weighted by molar-refractivity contribution is 7.09. The standard InChI is InChI=1S/C17H21ClN2OS/c1-12-17(22-11-19-12)10-20-8-2-3-16(21)15(20)9-13-4-6-14(18)7-5-13/h4-7,11,15-16,21H,2-3,8-10H2,1H3/t15-,16-/m0/s1. The Kier molecular flexibility index (Phi) is 5.14. The molecule has 1 aromatic carbocycles. The van der Waals surface area contributed by atoms with Crippen LogP contribution in [-0.2, 0) is 13.0 Å². The Morgan fingerprint density at radius 3 is 2.82 bits per heavy atom. The predicted octanol–water partition coefficient (Wildman–Crippen LogP) is 3.67. The molecule has 1 fully saturated rings. The summed E-state index contributed by atoms with van der Waals surface area (Å²) in [5.41, 5.74) is 4.23. The number of nitrogens with zero attached hydrogens (tertiary/aromatic N) is 2. The first-order valence-corrected chi connectivity index (χ1v) is 8.95. The average molecular weight is 337 g/mol. The first kappa shape index (κ1) is 15.9. The van der Waals surface area contributed by atoms with Gasteiger partial charge in [-0.25, -0.2) is 4.98 Å². The molecule has 1 aliphatic heterocycles. The van der Waals surface area contributed by atoms with Gasteiger partial charge in [0.25, 0.3) is 0 Å². The van der Waals surface area contributed by atoms with Crippen LogP contribution in [0.5, 0.6) is 0 Å². The van der Waals surface area contributed by atoms with Gasteiger partial charge < -0.3 is 5.11 Å². The van der Waals surface area contributed by atoms with Gasteiger partial charge in [0, 0.05) is 22.5 Å². The van der Waals surface area contributed by atoms with E-state index < -0.39 is 0 Å². The van der Waals surface area contributed by atoms with Crippen molar-refractivity contribution in [2.75, 3.05) is 6.54 Å². The molecule has 5 heteroatoms. The molecule has 1 aromatic heterocycles. The summed E-state index contributed by atoms with van der Waals surface area (Å²) < 4.78 is 0. The topological polar surface area (TPSA) is 36.4 Å². The lowest BCUT2D eigenvalue weighted by Gasteiger charge is -2.39. The van der Waals surface area contributed by atoms with E-state index in [1.54, 1.807) is 11.3 Å². The highest BCUT2D eigenvalue weighted by atomic mass is 35.5. The molecule has 2 aromatic rings. The van der Waals surface area contributed by atoms with Gasteiger partial charge in [0.15, 0.2) is 0 Å².